The van der Waals surface area contributed by atoms with Crippen LogP contribution in [0.25, 0.3) is 17.1 Å². The van der Waals surface area contributed by atoms with Gasteiger partial charge in [0.05, 0.1) is 18.0 Å². The number of thioether (sulfide) groups is 1. The summed E-state index contributed by atoms with van der Waals surface area (Å²) in [4.78, 5) is 28.9. The lowest BCUT2D eigenvalue weighted by atomic mass is 10.1. The summed E-state index contributed by atoms with van der Waals surface area (Å²) in [5.74, 6) is 0.213. The van der Waals surface area contributed by atoms with Gasteiger partial charge in [-0.1, -0.05) is 42.1 Å². The maximum atomic E-state index is 12.5. The smallest absolute Gasteiger partial charge is 0.243 e. The van der Waals surface area contributed by atoms with Crippen LogP contribution in [-0.2, 0) is 9.59 Å². The van der Waals surface area contributed by atoms with E-state index >= 15 is 0 Å². The number of aryl methyl sites for hydroxylation is 2. The molecule has 2 aromatic carbocycles. The number of aromatic nitrogens is 4. The van der Waals surface area contributed by atoms with Gasteiger partial charge in [0, 0.05) is 23.6 Å². The Kier molecular flexibility index (Phi) is 7.57. The molecule has 0 bridgehead atoms. The van der Waals surface area contributed by atoms with E-state index in [-0.39, 0.29) is 24.1 Å². The summed E-state index contributed by atoms with van der Waals surface area (Å²) in [5.41, 5.74) is 5.69. The molecule has 9 heteroatoms. The Labute approximate surface area is 208 Å². The minimum absolute atomic E-state index is 0.0944. The first-order chi connectivity index (χ1) is 16.9. The molecule has 0 unspecified atom stereocenters. The number of anilines is 1. The topological polar surface area (TPSA) is 102 Å². The molecule has 0 atom stereocenters. The normalized spacial score (nSPS) is 10.7. The van der Waals surface area contributed by atoms with Gasteiger partial charge >= 0.3 is 0 Å². The van der Waals surface area contributed by atoms with Crippen LogP contribution in [0.5, 0.6) is 0 Å². The summed E-state index contributed by atoms with van der Waals surface area (Å²) >= 11 is 1.26. The number of carbonyl (C=O) groups is 2. The number of benzene rings is 2. The van der Waals surface area contributed by atoms with Crippen LogP contribution in [0, 0.1) is 20.8 Å². The second-order valence-electron chi connectivity index (χ2n) is 8.03. The van der Waals surface area contributed by atoms with Crippen LogP contribution in [0.1, 0.15) is 16.7 Å². The van der Waals surface area contributed by atoms with Crippen molar-refractivity contribution < 1.29 is 9.59 Å². The third-order valence-electron chi connectivity index (χ3n) is 5.59. The largest absolute Gasteiger partial charge is 0.346 e. The molecule has 4 aromatic rings. The number of rotatable bonds is 8. The second-order valence-corrected chi connectivity index (χ2v) is 8.97. The van der Waals surface area contributed by atoms with Gasteiger partial charge in [0.15, 0.2) is 11.0 Å². The zero-order valence-electron chi connectivity index (χ0n) is 19.8. The molecule has 2 N–H and O–H groups in total. The third-order valence-corrected chi connectivity index (χ3v) is 6.51. The number of hydrogen-bond donors (Lipinski definition) is 2. The van der Waals surface area contributed by atoms with Crippen LogP contribution in [0.2, 0.25) is 0 Å². The number of hydrogen-bond acceptors (Lipinski definition) is 6. The third kappa shape index (κ3) is 5.75. The number of nitrogens with zero attached hydrogens (tertiary/aromatic N) is 4. The lowest BCUT2D eigenvalue weighted by Crippen LogP contribution is -2.34. The second kappa shape index (κ2) is 11.0. The highest BCUT2D eigenvalue weighted by molar-refractivity contribution is 7.99. The molecule has 4 rings (SSSR count). The van der Waals surface area contributed by atoms with Crippen LogP contribution in [0.3, 0.4) is 0 Å². The molecule has 35 heavy (non-hydrogen) atoms. The van der Waals surface area contributed by atoms with Crippen LogP contribution < -0.4 is 10.6 Å². The highest BCUT2D eigenvalue weighted by Crippen LogP contribution is 2.29. The zero-order valence-corrected chi connectivity index (χ0v) is 20.6. The van der Waals surface area contributed by atoms with Crippen molar-refractivity contribution in [3.63, 3.8) is 0 Å². The molecule has 8 nitrogen and oxygen atoms in total. The summed E-state index contributed by atoms with van der Waals surface area (Å²) in [7, 11) is 0. The molecule has 0 saturated heterocycles. The van der Waals surface area contributed by atoms with Crippen molar-refractivity contribution in [1.29, 1.82) is 0 Å². The van der Waals surface area contributed by atoms with E-state index in [0.717, 1.165) is 33.6 Å². The summed E-state index contributed by atoms with van der Waals surface area (Å²) in [6.07, 6.45) is 3.41. The van der Waals surface area contributed by atoms with Crippen LogP contribution >= 0.6 is 11.8 Å². The van der Waals surface area contributed by atoms with Gasteiger partial charge in [-0.15, -0.1) is 10.2 Å². The molecular weight excluding hydrogens is 460 g/mol. The molecular formula is C26H26N6O2S. The zero-order chi connectivity index (χ0) is 24.8. The molecule has 0 fully saturated rings. The van der Waals surface area contributed by atoms with E-state index in [1.54, 1.807) is 12.4 Å². The number of amides is 2. The van der Waals surface area contributed by atoms with Crippen LogP contribution in [0.4, 0.5) is 5.69 Å². The molecule has 0 saturated carbocycles. The Balaban J connectivity index is 1.43. The van der Waals surface area contributed by atoms with Gasteiger partial charge in [-0.3, -0.25) is 19.1 Å². The van der Waals surface area contributed by atoms with E-state index in [9.17, 15) is 9.59 Å². The minimum Gasteiger partial charge on any atom is -0.346 e. The fourth-order valence-electron chi connectivity index (χ4n) is 3.52. The van der Waals surface area contributed by atoms with Gasteiger partial charge in [0.25, 0.3) is 0 Å². The van der Waals surface area contributed by atoms with E-state index in [1.165, 1.54) is 11.8 Å². The van der Waals surface area contributed by atoms with Crippen molar-refractivity contribution >= 4 is 29.3 Å². The van der Waals surface area contributed by atoms with E-state index in [2.05, 4.69) is 25.8 Å². The Morgan fingerprint density at radius 3 is 2.40 bits per heavy atom. The van der Waals surface area contributed by atoms with Crippen molar-refractivity contribution in [2.75, 3.05) is 17.6 Å². The highest BCUT2D eigenvalue weighted by atomic mass is 32.2. The van der Waals surface area contributed by atoms with E-state index in [0.29, 0.717) is 11.0 Å². The van der Waals surface area contributed by atoms with Crippen molar-refractivity contribution in [1.82, 2.24) is 25.1 Å². The maximum absolute atomic E-state index is 12.5. The Hall–Kier alpha value is -3.98. The number of para-hydroxylation sites is 1. The van der Waals surface area contributed by atoms with Gasteiger partial charge < -0.3 is 10.6 Å². The fourth-order valence-corrected chi connectivity index (χ4v) is 4.30. The molecule has 0 spiro atoms. The first kappa shape index (κ1) is 24.2. The lowest BCUT2D eigenvalue weighted by Gasteiger charge is -2.13. The quantitative estimate of drug-likeness (QED) is 0.364. The summed E-state index contributed by atoms with van der Waals surface area (Å²) < 4.78 is 1.94. The molecule has 0 radical (unpaired) electrons. The Bertz CT molecular complexity index is 1350. The van der Waals surface area contributed by atoms with Crippen LogP contribution in [-0.4, -0.2) is 43.9 Å². The monoisotopic (exact) mass is 486 g/mol. The molecule has 2 amide bonds. The first-order valence-corrected chi connectivity index (χ1v) is 12.1. The molecule has 2 heterocycles. The molecule has 0 aliphatic heterocycles. The summed E-state index contributed by atoms with van der Waals surface area (Å²) in [6, 6.07) is 17.4. The minimum atomic E-state index is -0.278. The average Bonchev–Trinajstić information content (AvgIpc) is 3.29. The lowest BCUT2D eigenvalue weighted by molar-refractivity contribution is -0.122. The number of carbonyl (C=O) groups excluding carboxylic acids is 2. The predicted molar refractivity (Wildman–Crippen MR) is 138 cm³/mol. The van der Waals surface area contributed by atoms with Gasteiger partial charge in [-0.2, -0.15) is 0 Å². The predicted octanol–water partition coefficient (Wildman–Crippen LogP) is 4.10. The summed E-state index contributed by atoms with van der Waals surface area (Å²) in [6.45, 7) is 5.84. The number of nitrogens with one attached hydrogen (secondary N) is 2. The maximum Gasteiger partial charge on any atom is 0.243 e. The van der Waals surface area contributed by atoms with Gasteiger partial charge in [0.1, 0.15) is 0 Å². The van der Waals surface area contributed by atoms with Crippen molar-refractivity contribution in [2.45, 2.75) is 25.9 Å². The molecule has 0 aliphatic carbocycles. The standard InChI is InChI=1S/C26H26N6O2S/c1-17-8-6-9-21(19(17)3)29-23(33)15-28-24(34)16-35-26-31-30-25(20-11-13-27-14-12-20)32(26)22-10-5-4-7-18(22)2/h4-14H,15-16H2,1-3H3,(H,28,34)(H,29,33). The van der Waals surface area contributed by atoms with Gasteiger partial charge in [-0.05, 0) is 61.7 Å². The Morgan fingerprint density at radius 1 is 0.886 bits per heavy atom. The van der Waals surface area contributed by atoms with E-state index in [1.807, 2.05) is 79.9 Å². The van der Waals surface area contributed by atoms with Crippen LogP contribution in [0.15, 0.2) is 72.1 Å². The van der Waals surface area contributed by atoms with Crippen molar-refractivity contribution in [2.24, 2.45) is 0 Å². The number of pyridine rings is 1. The Morgan fingerprint density at radius 2 is 1.63 bits per heavy atom. The highest BCUT2D eigenvalue weighted by Gasteiger charge is 2.18. The van der Waals surface area contributed by atoms with Crippen molar-refractivity contribution in [3.05, 3.63) is 83.7 Å². The van der Waals surface area contributed by atoms with E-state index in [4.69, 9.17) is 0 Å². The molecule has 178 valence electrons. The van der Waals surface area contributed by atoms with Crippen molar-refractivity contribution in [3.8, 4) is 17.1 Å². The van der Waals surface area contributed by atoms with Gasteiger partial charge in [-0.25, -0.2) is 0 Å². The first-order valence-electron chi connectivity index (χ1n) is 11.1. The molecule has 0 aliphatic rings. The summed E-state index contributed by atoms with van der Waals surface area (Å²) in [5, 5.41) is 14.8. The van der Waals surface area contributed by atoms with E-state index < -0.39 is 0 Å². The molecule has 2 aromatic heterocycles. The van der Waals surface area contributed by atoms with Gasteiger partial charge in [0.2, 0.25) is 11.8 Å². The SMILES string of the molecule is Cc1ccccc1-n1c(SCC(=O)NCC(=O)Nc2cccc(C)c2C)nnc1-c1ccncc1. The fraction of sp³-hybridized carbons (Fsp3) is 0.192. The average molecular weight is 487 g/mol.